The van der Waals surface area contributed by atoms with E-state index >= 15 is 0 Å². The van der Waals surface area contributed by atoms with Gasteiger partial charge in [0.25, 0.3) is 5.69 Å². The van der Waals surface area contributed by atoms with Gasteiger partial charge in [0.1, 0.15) is 5.69 Å². The van der Waals surface area contributed by atoms with Gasteiger partial charge in [-0.2, -0.15) is 0 Å². The Morgan fingerprint density at radius 3 is 2.74 bits per heavy atom. The van der Waals surface area contributed by atoms with E-state index in [9.17, 15) is 10.1 Å². The molecule has 2 aromatic rings. The number of hydrogen-bond donors (Lipinski definition) is 2. The molecule has 0 aliphatic heterocycles. The number of rotatable bonds is 5. The second-order valence-corrected chi connectivity index (χ2v) is 4.61. The summed E-state index contributed by atoms with van der Waals surface area (Å²) in [6.45, 7) is 0.515. The zero-order chi connectivity index (χ0) is 13.8. The normalized spacial score (nSPS) is 10.4. The molecule has 0 aliphatic rings. The van der Waals surface area contributed by atoms with Gasteiger partial charge in [0, 0.05) is 30.9 Å². The molecule has 1 aromatic heterocycles. The van der Waals surface area contributed by atoms with Crippen LogP contribution in [0.15, 0.2) is 24.7 Å². The molecule has 0 aliphatic carbocycles. The van der Waals surface area contributed by atoms with Crippen LogP contribution < -0.4 is 5.32 Å². The molecule has 0 unspecified atom stereocenters. The zero-order valence-electron chi connectivity index (χ0n) is 9.69. The van der Waals surface area contributed by atoms with Gasteiger partial charge in [-0.1, -0.05) is 23.2 Å². The van der Waals surface area contributed by atoms with E-state index in [2.05, 4.69) is 15.3 Å². The van der Waals surface area contributed by atoms with Crippen molar-refractivity contribution in [3.05, 3.63) is 50.5 Å². The van der Waals surface area contributed by atoms with Gasteiger partial charge in [0.15, 0.2) is 0 Å². The maximum absolute atomic E-state index is 10.9. The Hall–Kier alpha value is -1.79. The van der Waals surface area contributed by atoms with Crippen LogP contribution in [-0.4, -0.2) is 21.4 Å². The summed E-state index contributed by atoms with van der Waals surface area (Å²) in [5.74, 6) is 0. The molecule has 0 spiro atoms. The number of anilines is 1. The van der Waals surface area contributed by atoms with Crippen LogP contribution in [0.1, 0.15) is 5.69 Å². The van der Waals surface area contributed by atoms with Crippen molar-refractivity contribution in [2.75, 3.05) is 11.9 Å². The lowest BCUT2D eigenvalue weighted by Crippen LogP contribution is -2.07. The molecule has 0 fully saturated rings. The summed E-state index contributed by atoms with van der Waals surface area (Å²) in [4.78, 5) is 17.3. The lowest BCUT2D eigenvalue weighted by molar-refractivity contribution is -0.383. The van der Waals surface area contributed by atoms with Gasteiger partial charge in [-0.25, -0.2) is 4.98 Å². The van der Waals surface area contributed by atoms with E-state index in [1.54, 1.807) is 12.5 Å². The number of nitro groups is 1. The van der Waals surface area contributed by atoms with E-state index in [-0.39, 0.29) is 15.7 Å². The second kappa shape index (κ2) is 5.90. The van der Waals surface area contributed by atoms with Crippen molar-refractivity contribution in [2.24, 2.45) is 0 Å². The quantitative estimate of drug-likeness (QED) is 0.655. The van der Waals surface area contributed by atoms with Crippen molar-refractivity contribution in [1.29, 1.82) is 0 Å². The van der Waals surface area contributed by atoms with Crippen LogP contribution in [-0.2, 0) is 6.42 Å². The number of halogens is 2. The standard InChI is InChI=1S/C11H10Cl2N4O2/c12-8-3-10(11(17(18)19)4-9(8)13)15-2-1-7-5-14-6-16-7/h3-6,15H,1-2H2,(H,14,16). The summed E-state index contributed by atoms with van der Waals surface area (Å²) in [6.07, 6.45) is 3.94. The predicted molar refractivity (Wildman–Crippen MR) is 73.9 cm³/mol. The third kappa shape index (κ3) is 3.36. The first-order valence-electron chi connectivity index (χ1n) is 5.42. The Morgan fingerprint density at radius 1 is 1.37 bits per heavy atom. The third-order valence-corrected chi connectivity index (χ3v) is 3.22. The number of H-pyrrole nitrogens is 1. The van der Waals surface area contributed by atoms with Gasteiger partial charge >= 0.3 is 0 Å². The van der Waals surface area contributed by atoms with Crippen molar-refractivity contribution < 1.29 is 4.92 Å². The van der Waals surface area contributed by atoms with Crippen LogP contribution in [0.3, 0.4) is 0 Å². The number of benzene rings is 1. The maximum Gasteiger partial charge on any atom is 0.293 e. The summed E-state index contributed by atoms with van der Waals surface area (Å²) >= 11 is 11.6. The molecule has 19 heavy (non-hydrogen) atoms. The highest BCUT2D eigenvalue weighted by molar-refractivity contribution is 6.42. The molecule has 2 rings (SSSR count). The molecule has 0 saturated carbocycles. The fourth-order valence-corrected chi connectivity index (χ4v) is 1.90. The number of nitrogens with zero attached hydrogens (tertiary/aromatic N) is 2. The lowest BCUT2D eigenvalue weighted by Gasteiger charge is -2.07. The number of aromatic amines is 1. The Balaban J connectivity index is 2.10. The van der Waals surface area contributed by atoms with Crippen LogP contribution in [0.4, 0.5) is 11.4 Å². The Morgan fingerprint density at radius 2 is 2.11 bits per heavy atom. The summed E-state index contributed by atoms with van der Waals surface area (Å²) < 4.78 is 0. The zero-order valence-corrected chi connectivity index (χ0v) is 11.2. The minimum atomic E-state index is -0.499. The number of nitro benzene ring substituents is 1. The number of imidazole rings is 1. The summed E-state index contributed by atoms with van der Waals surface area (Å²) in [5, 5.41) is 14.3. The van der Waals surface area contributed by atoms with Crippen LogP contribution in [0.2, 0.25) is 10.0 Å². The summed E-state index contributed by atoms with van der Waals surface area (Å²) in [6, 6.07) is 2.69. The fourth-order valence-electron chi connectivity index (χ4n) is 1.58. The van der Waals surface area contributed by atoms with Crippen molar-refractivity contribution in [2.45, 2.75) is 6.42 Å². The monoisotopic (exact) mass is 300 g/mol. The fraction of sp³-hybridized carbons (Fsp3) is 0.182. The van der Waals surface area contributed by atoms with Gasteiger partial charge in [0.2, 0.25) is 0 Å². The molecule has 0 atom stereocenters. The molecule has 1 aromatic carbocycles. The van der Waals surface area contributed by atoms with Crippen LogP contribution in [0.5, 0.6) is 0 Å². The lowest BCUT2D eigenvalue weighted by atomic mass is 10.2. The molecule has 8 heteroatoms. The topological polar surface area (TPSA) is 83.8 Å². The smallest absolute Gasteiger partial charge is 0.293 e. The molecule has 1 heterocycles. The molecule has 0 bridgehead atoms. The molecule has 2 N–H and O–H groups in total. The predicted octanol–water partition coefficient (Wildman–Crippen LogP) is 3.28. The van der Waals surface area contributed by atoms with Gasteiger partial charge < -0.3 is 10.3 Å². The highest BCUT2D eigenvalue weighted by Gasteiger charge is 2.16. The van der Waals surface area contributed by atoms with Crippen molar-refractivity contribution in [3.63, 3.8) is 0 Å². The van der Waals surface area contributed by atoms with E-state index in [1.807, 2.05) is 0 Å². The number of aromatic nitrogens is 2. The Kier molecular flexibility index (Phi) is 4.24. The van der Waals surface area contributed by atoms with Crippen molar-refractivity contribution >= 4 is 34.6 Å². The summed E-state index contributed by atoms with van der Waals surface area (Å²) in [7, 11) is 0. The Bertz CT molecular complexity index is 587. The van der Waals surface area contributed by atoms with Crippen molar-refractivity contribution in [1.82, 2.24) is 9.97 Å². The molecule has 0 amide bonds. The van der Waals surface area contributed by atoms with Gasteiger partial charge in [-0.15, -0.1) is 0 Å². The highest BCUT2D eigenvalue weighted by atomic mass is 35.5. The van der Waals surface area contributed by atoms with E-state index in [4.69, 9.17) is 23.2 Å². The van der Waals surface area contributed by atoms with Gasteiger partial charge in [-0.05, 0) is 6.07 Å². The average Bonchev–Trinajstić information content (AvgIpc) is 2.86. The van der Waals surface area contributed by atoms with Crippen LogP contribution in [0.25, 0.3) is 0 Å². The molecule has 6 nitrogen and oxygen atoms in total. The minimum Gasteiger partial charge on any atom is -0.379 e. The van der Waals surface area contributed by atoms with E-state index in [1.165, 1.54) is 12.1 Å². The van der Waals surface area contributed by atoms with Crippen LogP contribution in [0, 0.1) is 10.1 Å². The first-order chi connectivity index (χ1) is 9.08. The second-order valence-electron chi connectivity index (χ2n) is 3.79. The SMILES string of the molecule is O=[N+]([O-])c1cc(Cl)c(Cl)cc1NCCc1cnc[nH]1. The highest BCUT2D eigenvalue weighted by Crippen LogP contribution is 2.33. The maximum atomic E-state index is 10.9. The third-order valence-electron chi connectivity index (χ3n) is 2.50. The first-order valence-corrected chi connectivity index (χ1v) is 6.18. The molecule has 100 valence electrons. The number of hydrogen-bond acceptors (Lipinski definition) is 4. The first kappa shape index (κ1) is 13.6. The number of nitrogens with one attached hydrogen (secondary N) is 2. The molecule has 0 radical (unpaired) electrons. The largest absolute Gasteiger partial charge is 0.379 e. The molecular formula is C11H10Cl2N4O2. The van der Waals surface area contributed by atoms with Gasteiger partial charge in [-0.3, -0.25) is 10.1 Å². The molecular weight excluding hydrogens is 291 g/mol. The van der Waals surface area contributed by atoms with E-state index < -0.39 is 4.92 Å². The van der Waals surface area contributed by atoms with Gasteiger partial charge in [0.05, 0.1) is 21.3 Å². The van der Waals surface area contributed by atoms with Crippen molar-refractivity contribution in [3.8, 4) is 0 Å². The average molecular weight is 301 g/mol. The van der Waals surface area contributed by atoms with E-state index in [0.717, 1.165) is 5.69 Å². The molecule has 0 saturated heterocycles. The van der Waals surface area contributed by atoms with E-state index in [0.29, 0.717) is 18.7 Å². The van der Waals surface area contributed by atoms with Crippen LogP contribution >= 0.6 is 23.2 Å². The summed E-state index contributed by atoms with van der Waals surface area (Å²) in [5.41, 5.74) is 1.19. The minimum absolute atomic E-state index is 0.0981. The Labute approximate surface area is 118 Å².